The SMILES string of the molecule is Cc1ccc(-c2c(CO)nnn2C)cc1. The first kappa shape index (κ1) is 9.86. The van der Waals surface area contributed by atoms with Crippen LogP contribution in [0.4, 0.5) is 0 Å². The second kappa shape index (κ2) is 3.82. The molecule has 4 heteroatoms. The number of aryl methyl sites for hydroxylation is 2. The number of aromatic nitrogens is 3. The van der Waals surface area contributed by atoms with Crippen molar-refractivity contribution in [3.8, 4) is 11.3 Å². The van der Waals surface area contributed by atoms with Crippen molar-refractivity contribution >= 4 is 0 Å². The molecule has 0 aliphatic heterocycles. The summed E-state index contributed by atoms with van der Waals surface area (Å²) in [5.41, 5.74) is 3.72. The number of hydrogen-bond acceptors (Lipinski definition) is 3. The Balaban J connectivity index is 2.52. The summed E-state index contributed by atoms with van der Waals surface area (Å²) in [7, 11) is 1.82. The Hall–Kier alpha value is -1.68. The highest BCUT2D eigenvalue weighted by molar-refractivity contribution is 5.61. The number of benzene rings is 1. The maximum atomic E-state index is 9.13. The minimum absolute atomic E-state index is 0.0863. The molecule has 0 saturated heterocycles. The normalized spacial score (nSPS) is 10.6. The fourth-order valence-corrected chi connectivity index (χ4v) is 1.57. The highest BCUT2D eigenvalue weighted by Gasteiger charge is 2.11. The summed E-state index contributed by atoms with van der Waals surface area (Å²) in [5.74, 6) is 0. The third-order valence-corrected chi connectivity index (χ3v) is 2.37. The molecule has 0 unspecified atom stereocenters. The van der Waals surface area contributed by atoms with Crippen molar-refractivity contribution in [2.45, 2.75) is 13.5 Å². The van der Waals surface area contributed by atoms with Gasteiger partial charge in [-0.3, -0.25) is 0 Å². The summed E-state index contributed by atoms with van der Waals surface area (Å²) in [6.07, 6.45) is 0. The molecule has 0 aliphatic carbocycles. The Morgan fingerprint density at radius 1 is 1.27 bits per heavy atom. The molecule has 1 heterocycles. The predicted molar refractivity (Wildman–Crippen MR) is 57.1 cm³/mol. The summed E-state index contributed by atoms with van der Waals surface area (Å²) < 4.78 is 1.68. The lowest BCUT2D eigenvalue weighted by Crippen LogP contribution is -1.95. The van der Waals surface area contributed by atoms with E-state index in [1.165, 1.54) is 5.56 Å². The van der Waals surface area contributed by atoms with E-state index in [2.05, 4.69) is 10.3 Å². The molecule has 1 aromatic carbocycles. The Labute approximate surface area is 88.2 Å². The van der Waals surface area contributed by atoms with Crippen LogP contribution in [0, 0.1) is 6.92 Å². The standard InChI is InChI=1S/C11H13N3O/c1-8-3-5-9(6-4-8)11-10(7-15)12-13-14(11)2/h3-6,15H,7H2,1-2H3. The van der Waals surface area contributed by atoms with E-state index in [1.54, 1.807) is 4.68 Å². The summed E-state index contributed by atoms with van der Waals surface area (Å²) >= 11 is 0. The Kier molecular flexibility index (Phi) is 2.51. The van der Waals surface area contributed by atoms with E-state index in [0.717, 1.165) is 11.3 Å². The van der Waals surface area contributed by atoms with Crippen LogP contribution in [0.25, 0.3) is 11.3 Å². The topological polar surface area (TPSA) is 50.9 Å². The molecule has 2 rings (SSSR count). The van der Waals surface area contributed by atoms with Crippen molar-refractivity contribution in [3.63, 3.8) is 0 Å². The fraction of sp³-hybridized carbons (Fsp3) is 0.273. The van der Waals surface area contributed by atoms with E-state index in [1.807, 2.05) is 38.2 Å². The zero-order valence-corrected chi connectivity index (χ0v) is 8.81. The van der Waals surface area contributed by atoms with E-state index in [0.29, 0.717) is 5.69 Å². The van der Waals surface area contributed by atoms with Crippen LogP contribution in [-0.2, 0) is 13.7 Å². The lowest BCUT2D eigenvalue weighted by atomic mass is 10.1. The van der Waals surface area contributed by atoms with Gasteiger partial charge in [0.1, 0.15) is 5.69 Å². The van der Waals surface area contributed by atoms with Crippen LogP contribution in [0.15, 0.2) is 24.3 Å². The molecule has 15 heavy (non-hydrogen) atoms. The second-order valence-electron chi connectivity index (χ2n) is 3.53. The van der Waals surface area contributed by atoms with Gasteiger partial charge in [-0.2, -0.15) is 0 Å². The number of nitrogens with zero attached hydrogens (tertiary/aromatic N) is 3. The van der Waals surface area contributed by atoms with E-state index >= 15 is 0 Å². The van der Waals surface area contributed by atoms with E-state index in [4.69, 9.17) is 5.11 Å². The van der Waals surface area contributed by atoms with Crippen LogP contribution >= 0.6 is 0 Å². The highest BCUT2D eigenvalue weighted by Crippen LogP contribution is 2.21. The first-order valence-electron chi connectivity index (χ1n) is 4.79. The monoisotopic (exact) mass is 203 g/mol. The molecule has 4 nitrogen and oxygen atoms in total. The minimum atomic E-state index is -0.0863. The molecule has 0 radical (unpaired) electrons. The lowest BCUT2D eigenvalue weighted by Gasteiger charge is -2.03. The van der Waals surface area contributed by atoms with Gasteiger partial charge in [0, 0.05) is 12.6 Å². The minimum Gasteiger partial charge on any atom is -0.390 e. The van der Waals surface area contributed by atoms with Crippen LogP contribution in [0.3, 0.4) is 0 Å². The van der Waals surface area contributed by atoms with Crippen LogP contribution in [0.5, 0.6) is 0 Å². The summed E-state index contributed by atoms with van der Waals surface area (Å²) in [5, 5.41) is 16.9. The number of hydrogen-bond donors (Lipinski definition) is 1. The molecule has 0 saturated carbocycles. The third-order valence-electron chi connectivity index (χ3n) is 2.37. The van der Waals surface area contributed by atoms with Gasteiger partial charge in [0.05, 0.1) is 12.3 Å². The summed E-state index contributed by atoms with van der Waals surface area (Å²) in [6.45, 7) is 1.95. The molecule has 1 aromatic heterocycles. The number of aliphatic hydroxyl groups is 1. The molecule has 1 N–H and O–H groups in total. The second-order valence-corrected chi connectivity index (χ2v) is 3.53. The zero-order chi connectivity index (χ0) is 10.8. The van der Waals surface area contributed by atoms with Gasteiger partial charge in [-0.15, -0.1) is 5.10 Å². The average molecular weight is 203 g/mol. The molecular weight excluding hydrogens is 190 g/mol. The number of aliphatic hydroxyl groups excluding tert-OH is 1. The molecule has 0 amide bonds. The number of rotatable bonds is 2. The van der Waals surface area contributed by atoms with Crippen LogP contribution < -0.4 is 0 Å². The van der Waals surface area contributed by atoms with Crippen LogP contribution in [-0.4, -0.2) is 20.1 Å². The molecule has 78 valence electrons. The summed E-state index contributed by atoms with van der Waals surface area (Å²) in [6, 6.07) is 8.08. The summed E-state index contributed by atoms with van der Waals surface area (Å²) in [4.78, 5) is 0. The van der Waals surface area contributed by atoms with Crippen molar-refractivity contribution < 1.29 is 5.11 Å². The zero-order valence-electron chi connectivity index (χ0n) is 8.81. The Bertz CT molecular complexity index is 459. The fourth-order valence-electron chi connectivity index (χ4n) is 1.57. The largest absolute Gasteiger partial charge is 0.390 e. The first-order valence-corrected chi connectivity index (χ1v) is 4.79. The Morgan fingerprint density at radius 3 is 2.53 bits per heavy atom. The van der Waals surface area contributed by atoms with E-state index in [9.17, 15) is 0 Å². The van der Waals surface area contributed by atoms with Gasteiger partial charge >= 0.3 is 0 Å². The quantitative estimate of drug-likeness (QED) is 0.800. The highest BCUT2D eigenvalue weighted by atomic mass is 16.3. The van der Waals surface area contributed by atoms with Gasteiger partial charge in [0.2, 0.25) is 0 Å². The lowest BCUT2D eigenvalue weighted by molar-refractivity contribution is 0.277. The Morgan fingerprint density at radius 2 is 1.93 bits per heavy atom. The van der Waals surface area contributed by atoms with Crippen molar-refractivity contribution in [1.29, 1.82) is 0 Å². The molecule has 0 bridgehead atoms. The van der Waals surface area contributed by atoms with E-state index < -0.39 is 0 Å². The first-order chi connectivity index (χ1) is 7.22. The molecular formula is C11H13N3O. The van der Waals surface area contributed by atoms with Crippen molar-refractivity contribution in [1.82, 2.24) is 15.0 Å². The molecule has 0 fully saturated rings. The van der Waals surface area contributed by atoms with E-state index in [-0.39, 0.29) is 6.61 Å². The van der Waals surface area contributed by atoms with Gasteiger partial charge in [0.15, 0.2) is 0 Å². The van der Waals surface area contributed by atoms with Gasteiger partial charge in [0.25, 0.3) is 0 Å². The smallest absolute Gasteiger partial charge is 0.116 e. The van der Waals surface area contributed by atoms with Gasteiger partial charge in [-0.05, 0) is 6.92 Å². The average Bonchev–Trinajstić information content (AvgIpc) is 2.61. The van der Waals surface area contributed by atoms with Crippen LogP contribution in [0.2, 0.25) is 0 Å². The predicted octanol–water partition coefficient (Wildman–Crippen LogP) is 1.28. The van der Waals surface area contributed by atoms with Crippen molar-refractivity contribution in [2.24, 2.45) is 7.05 Å². The molecule has 0 spiro atoms. The van der Waals surface area contributed by atoms with Gasteiger partial charge in [-0.1, -0.05) is 35.0 Å². The van der Waals surface area contributed by atoms with Crippen molar-refractivity contribution in [2.75, 3.05) is 0 Å². The van der Waals surface area contributed by atoms with Crippen LogP contribution in [0.1, 0.15) is 11.3 Å². The molecule has 2 aromatic rings. The van der Waals surface area contributed by atoms with Gasteiger partial charge in [-0.25, -0.2) is 4.68 Å². The van der Waals surface area contributed by atoms with Gasteiger partial charge < -0.3 is 5.11 Å². The van der Waals surface area contributed by atoms with Crippen molar-refractivity contribution in [3.05, 3.63) is 35.5 Å². The maximum Gasteiger partial charge on any atom is 0.116 e. The third kappa shape index (κ3) is 1.76. The maximum absolute atomic E-state index is 9.13. The molecule has 0 aliphatic rings. The molecule has 0 atom stereocenters.